The van der Waals surface area contributed by atoms with E-state index in [4.69, 9.17) is 10.8 Å². The molecule has 0 saturated carbocycles. The maximum absolute atomic E-state index is 8.06. The molecule has 0 saturated heterocycles. The lowest BCUT2D eigenvalue weighted by Gasteiger charge is -1.80. The first-order valence-electron chi connectivity index (χ1n) is 3.14. The summed E-state index contributed by atoms with van der Waals surface area (Å²) in [7, 11) is 0. The molecule has 2 heteroatoms. The van der Waals surface area contributed by atoms with E-state index >= 15 is 0 Å². The van der Waals surface area contributed by atoms with E-state index in [0.717, 1.165) is 13.0 Å². The lowest BCUT2D eigenvalue weighted by molar-refractivity contribution is 0.216. The molecule has 2 nitrogen and oxygen atoms in total. The Morgan fingerprint density at radius 2 is 2.00 bits per heavy atom. The minimum atomic E-state index is -0.167. The van der Waals surface area contributed by atoms with Crippen LogP contribution in [0.15, 0.2) is 12.7 Å². The smallest absolute Gasteiger partial charge is 0.0483 e. The Labute approximate surface area is 57.4 Å². The third-order valence-electron chi connectivity index (χ3n) is 0.371. The molecular formula is C7H17NO. The predicted molar refractivity (Wildman–Crippen MR) is 41.2 cm³/mol. The fraction of sp³-hybridized carbons (Fsp3) is 0.714. The van der Waals surface area contributed by atoms with E-state index in [1.807, 2.05) is 0 Å². The van der Waals surface area contributed by atoms with Crippen LogP contribution in [0.25, 0.3) is 0 Å². The van der Waals surface area contributed by atoms with Gasteiger partial charge in [-0.1, -0.05) is 6.08 Å². The van der Waals surface area contributed by atoms with Gasteiger partial charge >= 0.3 is 0 Å². The Balaban J connectivity index is 0. The fourth-order valence-corrected chi connectivity index (χ4v) is 0.118. The van der Waals surface area contributed by atoms with Crippen molar-refractivity contribution in [2.75, 3.05) is 6.54 Å². The SMILES string of the molecule is C=CCCN.CC(C)O. The van der Waals surface area contributed by atoms with Crippen molar-refractivity contribution in [1.29, 1.82) is 0 Å². The van der Waals surface area contributed by atoms with Crippen LogP contribution in [-0.2, 0) is 0 Å². The molecule has 0 aliphatic rings. The standard InChI is InChI=1S/C4H9N.C3H8O/c1-2-3-4-5;1-3(2)4/h2H,1,3-5H2;3-4H,1-2H3. The van der Waals surface area contributed by atoms with Gasteiger partial charge in [0.2, 0.25) is 0 Å². The molecule has 0 amide bonds. The van der Waals surface area contributed by atoms with E-state index in [1.54, 1.807) is 19.9 Å². The van der Waals surface area contributed by atoms with Crippen LogP contribution in [0.5, 0.6) is 0 Å². The summed E-state index contributed by atoms with van der Waals surface area (Å²) >= 11 is 0. The number of hydrogen-bond donors (Lipinski definition) is 2. The van der Waals surface area contributed by atoms with Gasteiger partial charge in [0.25, 0.3) is 0 Å². The summed E-state index contributed by atoms with van der Waals surface area (Å²) in [6, 6.07) is 0. The number of aliphatic hydroxyl groups excluding tert-OH is 1. The molecule has 0 aliphatic carbocycles. The molecule has 56 valence electrons. The molecule has 0 aliphatic heterocycles. The van der Waals surface area contributed by atoms with Crippen LogP contribution in [-0.4, -0.2) is 17.8 Å². The van der Waals surface area contributed by atoms with Crippen molar-refractivity contribution in [3.8, 4) is 0 Å². The monoisotopic (exact) mass is 131 g/mol. The normalized spacial score (nSPS) is 8.11. The van der Waals surface area contributed by atoms with Crippen LogP contribution in [0.1, 0.15) is 20.3 Å². The summed E-state index contributed by atoms with van der Waals surface area (Å²) in [4.78, 5) is 0. The Morgan fingerprint density at radius 1 is 1.67 bits per heavy atom. The lowest BCUT2D eigenvalue weighted by Crippen LogP contribution is -1.94. The highest BCUT2D eigenvalue weighted by Gasteiger charge is 1.69. The second-order valence-electron chi connectivity index (χ2n) is 1.96. The molecule has 0 fully saturated rings. The summed E-state index contributed by atoms with van der Waals surface area (Å²) in [5, 5.41) is 8.06. The van der Waals surface area contributed by atoms with Crippen LogP contribution < -0.4 is 5.73 Å². The van der Waals surface area contributed by atoms with Gasteiger partial charge in [0, 0.05) is 6.10 Å². The zero-order valence-electron chi connectivity index (χ0n) is 6.30. The second kappa shape index (κ2) is 10.6. The van der Waals surface area contributed by atoms with Gasteiger partial charge in [-0.05, 0) is 26.8 Å². The Kier molecular flexibility index (Phi) is 13.5. The average molecular weight is 131 g/mol. The van der Waals surface area contributed by atoms with Crippen LogP contribution >= 0.6 is 0 Å². The molecule has 0 rings (SSSR count). The zero-order chi connectivity index (χ0) is 7.70. The zero-order valence-corrected chi connectivity index (χ0v) is 6.30. The lowest BCUT2D eigenvalue weighted by atomic mass is 10.4. The Bertz CT molecular complexity index is 50.1. The first kappa shape index (κ1) is 11.5. The largest absolute Gasteiger partial charge is 0.394 e. The van der Waals surface area contributed by atoms with Crippen molar-refractivity contribution >= 4 is 0 Å². The second-order valence-corrected chi connectivity index (χ2v) is 1.96. The molecule has 0 radical (unpaired) electrons. The molecule has 0 spiro atoms. The molecule has 0 aromatic heterocycles. The first-order chi connectivity index (χ1) is 4.15. The Hall–Kier alpha value is -0.340. The molecule has 0 aromatic carbocycles. The number of hydrogen-bond acceptors (Lipinski definition) is 2. The molecule has 0 aromatic rings. The maximum Gasteiger partial charge on any atom is 0.0483 e. The summed E-state index contributed by atoms with van der Waals surface area (Å²) in [6.45, 7) is 7.64. The molecule has 0 unspecified atom stereocenters. The van der Waals surface area contributed by atoms with E-state index in [9.17, 15) is 0 Å². The molecule has 0 heterocycles. The van der Waals surface area contributed by atoms with E-state index in [1.165, 1.54) is 0 Å². The fourth-order valence-electron chi connectivity index (χ4n) is 0.118. The maximum atomic E-state index is 8.06. The minimum Gasteiger partial charge on any atom is -0.394 e. The quantitative estimate of drug-likeness (QED) is 0.547. The van der Waals surface area contributed by atoms with Gasteiger partial charge in [0.1, 0.15) is 0 Å². The number of nitrogens with two attached hydrogens (primary N) is 1. The van der Waals surface area contributed by atoms with Crippen molar-refractivity contribution in [2.45, 2.75) is 26.4 Å². The van der Waals surface area contributed by atoms with Gasteiger partial charge in [0.05, 0.1) is 0 Å². The van der Waals surface area contributed by atoms with Crippen LogP contribution in [0.4, 0.5) is 0 Å². The van der Waals surface area contributed by atoms with Crippen molar-refractivity contribution in [3.63, 3.8) is 0 Å². The van der Waals surface area contributed by atoms with E-state index in [-0.39, 0.29) is 6.10 Å². The summed E-state index contributed by atoms with van der Waals surface area (Å²) in [5.74, 6) is 0. The molecule has 0 bridgehead atoms. The van der Waals surface area contributed by atoms with Gasteiger partial charge in [-0.15, -0.1) is 6.58 Å². The van der Waals surface area contributed by atoms with E-state index in [0.29, 0.717) is 0 Å². The number of rotatable bonds is 2. The topological polar surface area (TPSA) is 46.2 Å². The van der Waals surface area contributed by atoms with Gasteiger partial charge in [-0.3, -0.25) is 0 Å². The van der Waals surface area contributed by atoms with E-state index in [2.05, 4.69) is 6.58 Å². The predicted octanol–water partition coefficient (Wildman–Crippen LogP) is 0.908. The summed E-state index contributed by atoms with van der Waals surface area (Å²) < 4.78 is 0. The van der Waals surface area contributed by atoms with Gasteiger partial charge in [-0.2, -0.15) is 0 Å². The van der Waals surface area contributed by atoms with E-state index < -0.39 is 0 Å². The average Bonchev–Trinajstić information content (AvgIpc) is 1.66. The number of aliphatic hydroxyl groups is 1. The summed E-state index contributed by atoms with van der Waals surface area (Å²) in [5.41, 5.74) is 5.07. The van der Waals surface area contributed by atoms with Crippen LogP contribution in [0.2, 0.25) is 0 Å². The van der Waals surface area contributed by atoms with Gasteiger partial charge < -0.3 is 10.8 Å². The third-order valence-corrected chi connectivity index (χ3v) is 0.371. The van der Waals surface area contributed by atoms with Crippen molar-refractivity contribution in [1.82, 2.24) is 0 Å². The summed E-state index contributed by atoms with van der Waals surface area (Å²) in [6.07, 6.45) is 2.57. The van der Waals surface area contributed by atoms with Gasteiger partial charge in [0.15, 0.2) is 0 Å². The molecular weight excluding hydrogens is 114 g/mol. The highest BCUT2D eigenvalue weighted by Crippen LogP contribution is 1.67. The highest BCUT2D eigenvalue weighted by atomic mass is 16.3. The molecule has 3 N–H and O–H groups in total. The van der Waals surface area contributed by atoms with Crippen LogP contribution in [0, 0.1) is 0 Å². The van der Waals surface area contributed by atoms with Crippen molar-refractivity contribution < 1.29 is 5.11 Å². The molecule has 0 atom stereocenters. The molecule has 9 heavy (non-hydrogen) atoms. The van der Waals surface area contributed by atoms with Crippen molar-refractivity contribution in [2.24, 2.45) is 5.73 Å². The highest BCUT2D eigenvalue weighted by molar-refractivity contribution is 4.64. The van der Waals surface area contributed by atoms with Gasteiger partial charge in [-0.25, -0.2) is 0 Å². The van der Waals surface area contributed by atoms with Crippen LogP contribution in [0.3, 0.4) is 0 Å². The minimum absolute atomic E-state index is 0.167. The third kappa shape index (κ3) is 89.1. The first-order valence-corrected chi connectivity index (χ1v) is 3.14. The van der Waals surface area contributed by atoms with Crippen molar-refractivity contribution in [3.05, 3.63) is 12.7 Å². The Morgan fingerprint density at radius 3 is 2.00 bits per heavy atom.